The minimum Gasteiger partial charge on any atom is -0.373 e. The highest BCUT2D eigenvalue weighted by molar-refractivity contribution is 5.25. The minimum atomic E-state index is -0.195. The van der Waals surface area contributed by atoms with Gasteiger partial charge in [-0.3, -0.25) is 0 Å². The van der Waals surface area contributed by atoms with Gasteiger partial charge < -0.3 is 10.1 Å². The van der Waals surface area contributed by atoms with Crippen LogP contribution in [0.25, 0.3) is 0 Å². The number of hydrogen-bond acceptors (Lipinski definition) is 2. The largest absolute Gasteiger partial charge is 0.373 e. The van der Waals surface area contributed by atoms with Crippen LogP contribution in [-0.2, 0) is 11.3 Å². The van der Waals surface area contributed by atoms with E-state index in [1.807, 2.05) is 20.9 Å². The molecule has 1 aromatic rings. The molecule has 1 atom stereocenters. The standard InChI is InChI=1S/C12H18FNO/c1-9-6-12(13)5-4-11(9)8-15-10(2)7-14-3/h4-6,10,14H,7-8H2,1-3H3. The van der Waals surface area contributed by atoms with Crippen LogP contribution >= 0.6 is 0 Å². The summed E-state index contributed by atoms with van der Waals surface area (Å²) in [5.74, 6) is -0.195. The van der Waals surface area contributed by atoms with Gasteiger partial charge in [-0.25, -0.2) is 4.39 Å². The highest BCUT2D eigenvalue weighted by atomic mass is 19.1. The molecular weight excluding hydrogens is 193 g/mol. The smallest absolute Gasteiger partial charge is 0.123 e. The van der Waals surface area contributed by atoms with Crippen LogP contribution in [0.5, 0.6) is 0 Å². The average Bonchev–Trinajstić information content (AvgIpc) is 2.17. The second-order valence-electron chi connectivity index (χ2n) is 3.75. The Kier molecular flexibility index (Phi) is 4.72. The second kappa shape index (κ2) is 5.83. The van der Waals surface area contributed by atoms with Crippen LogP contribution in [0.4, 0.5) is 4.39 Å². The molecule has 0 aliphatic carbocycles. The van der Waals surface area contributed by atoms with E-state index in [1.54, 1.807) is 6.07 Å². The van der Waals surface area contributed by atoms with Crippen molar-refractivity contribution in [3.8, 4) is 0 Å². The fourth-order valence-corrected chi connectivity index (χ4v) is 1.40. The van der Waals surface area contributed by atoms with Gasteiger partial charge in [-0.15, -0.1) is 0 Å². The van der Waals surface area contributed by atoms with E-state index < -0.39 is 0 Å². The minimum absolute atomic E-state index is 0.166. The number of halogens is 1. The summed E-state index contributed by atoms with van der Waals surface area (Å²) < 4.78 is 18.4. The maximum Gasteiger partial charge on any atom is 0.123 e. The first-order chi connectivity index (χ1) is 7.13. The molecule has 0 spiro atoms. The summed E-state index contributed by atoms with van der Waals surface area (Å²) >= 11 is 0. The van der Waals surface area contributed by atoms with Crippen LogP contribution < -0.4 is 5.32 Å². The number of rotatable bonds is 5. The number of benzene rings is 1. The van der Waals surface area contributed by atoms with Crippen LogP contribution in [0, 0.1) is 12.7 Å². The molecule has 1 N–H and O–H groups in total. The number of likely N-dealkylation sites (N-methyl/N-ethyl adjacent to an activating group) is 1. The van der Waals surface area contributed by atoms with Gasteiger partial charge in [-0.1, -0.05) is 6.07 Å². The van der Waals surface area contributed by atoms with Crippen LogP contribution in [0.15, 0.2) is 18.2 Å². The summed E-state index contributed by atoms with van der Waals surface area (Å²) in [6, 6.07) is 4.77. The Labute approximate surface area is 90.4 Å². The molecule has 0 saturated heterocycles. The lowest BCUT2D eigenvalue weighted by molar-refractivity contribution is 0.0542. The predicted molar refractivity (Wildman–Crippen MR) is 59.3 cm³/mol. The van der Waals surface area contributed by atoms with Gasteiger partial charge >= 0.3 is 0 Å². The zero-order valence-electron chi connectivity index (χ0n) is 9.51. The third-order valence-corrected chi connectivity index (χ3v) is 2.32. The Morgan fingerprint density at radius 2 is 2.20 bits per heavy atom. The number of ether oxygens (including phenoxy) is 1. The van der Waals surface area contributed by atoms with Crippen molar-refractivity contribution < 1.29 is 9.13 Å². The monoisotopic (exact) mass is 211 g/mol. The molecule has 1 unspecified atom stereocenters. The molecule has 1 rings (SSSR count). The Morgan fingerprint density at radius 1 is 1.47 bits per heavy atom. The Morgan fingerprint density at radius 3 is 2.80 bits per heavy atom. The van der Waals surface area contributed by atoms with E-state index in [-0.39, 0.29) is 11.9 Å². The summed E-state index contributed by atoms with van der Waals surface area (Å²) in [6.45, 7) is 5.26. The molecular formula is C12H18FNO. The molecule has 0 aliphatic heterocycles. The molecule has 3 heteroatoms. The molecule has 0 heterocycles. The first kappa shape index (κ1) is 12.1. The molecule has 0 aliphatic rings. The van der Waals surface area contributed by atoms with Gasteiger partial charge in [-0.05, 0) is 44.2 Å². The van der Waals surface area contributed by atoms with Crippen molar-refractivity contribution >= 4 is 0 Å². The summed E-state index contributed by atoms with van der Waals surface area (Å²) in [5, 5.41) is 3.04. The zero-order chi connectivity index (χ0) is 11.3. The third kappa shape index (κ3) is 3.98. The van der Waals surface area contributed by atoms with E-state index in [0.29, 0.717) is 6.61 Å². The second-order valence-corrected chi connectivity index (χ2v) is 3.75. The highest BCUT2D eigenvalue weighted by Crippen LogP contribution is 2.11. The quantitative estimate of drug-likeness (QED) is 0.806. The Bertz CT molecular complexity index is 314. The van der Waals surface area contributed by atoms with E-state index in [0.717, 1.165) is 17.7 Å². The molecule has 2 nitrogen and oxygen atoms in total. The Hall–Kier alpha value is -0.930. The predicted octanol–water partition coefficient (Wildman–Crippen LogP) is 2.26. The van der Waals surface area contributed by atoms with Crippen LogP contribution in [0.3, 0.4) is 0 Å². The molecule has 0 aromatic heterocycles. The third-order valence-electron chi connectivity index (χ3n) is 2.32. The summed E-state index contributed by atoms with van der Waals surface area (Å²) in [4.78, 5) is 0. The van der Waals surface area contributed by atoms with Crippen molar-refractivity contribution in [3.05, 3.63) is 35.1 Å². The van der Waals surface area contributed by atoms with Gasteiger partial charge in [0.1, 0.15) is 5.82 Å². The lowest BCUT2D eigenvalue weighted by atomic mass is 10.1. The van der Waals surface area contributed by atoms with Gasteiger partial charge in [-0.2, -0.15) is 0 Å². The van der Waals surface area contributed by atoms with Crippen LogP contribution in [0.2, 0.25) is 0 Å². The SMILES string of the molecule is CNCC(C)OCc1ccc(F)cc1C. The molecule has 1 aromatic carbocycles. The molecule has 0 fully saturated rings. The van der Waals surface area contributed by atoms with Gasteiger partial charge in [0.15, 0.2) is 0 Å². The molecule has 15 heavy (non-hydrogen) atoms. The van der Waals surface area contributed by atoms with Gasteiger partial charge in [0.05, 0.1) is 12.7 Å². The fraction of sp³-hybridized carbons (Fsp3) is 0.500. The van der Waals surface area contributed by atoms with Gasteiger partial charge in [0.25, 0.3) is 0 Å². The summed E-state index contributed by atoms with van der Waals surface area (Å²) in [6.07, 6.45) is 0.166. The Balaban J connectivity index is 2.50. The first-order valence-corrected chi connectivity index (χ1v) is 5.14. The van der Waals surface area contributed by atoms with Crippen LogP contribution in [0.1, 0.15) is 18.1 Å². The van der Waals surface area contributed by atoms with Crippen molar-refractivity contribution in [2.45, 2.75) is 26.6 Å². The van der Waals surface area contributed by atoms with Gasteiger partial charge in [0.2, 0.25) is 0 Å². The van der Waals surface area contributed by atoms with Crippen molar-refractivity contribution in [2.24, 2.45) is 0 Å². The summed E-state index contributed by atoms with van der Waals surface area (Å²) in [5.41, 5.74) is 1.98. The fourth-order valence-electron chi connectivity index (χ4n) is 1.40. The molecule has 0 amide bonds. The van der Waals surface area contributed by atoms with Crippen molar-refractivity contribution in [2.75, 3.05) is 13.6 Å². The van der Waals surface area contributed by atoms with E-state index in [9.17, 15) is 4.39 Å². The maximum absolute atomic E-state index is 12.8. The average molecular weight is 211 g/mol. The number of hydrogen-bond donors (Lipinski definition) is 1. The lowest BCUT2D eigenvalue weighted by Gasteiger charge is -2.13. The van der Waals surface area contributed by atoms with E-state index in [1.165, 1.54) is 12.1 Å². The van der Waals surface area contributed by atoms with E-state index >= 15 is 0 Å². The molecule has 0 bridgehead atoms. The maximum atomic E-state index is 12.8. The van der Waals surface area contributed by atoms with Crippen molar-refractivity contribution in [1.82, 2.24) is 5.32 Å². The van der Waals surface area contributed by atoms with Crippen molar-refractivity contribution in [3.63, 3.8) is 0 Å². The number of aryl methyl sites for hydroxylation is 1. The molecule has 0 radical (unpaired) electrons. The lowest BCUT2D eigenvalue weighted by Crippen LogP contribution is -2.23. The molecule has 0 saturated carbocycles. The van der Waals surface area contributed by atoms with E-state index in [2.05, 4.69) is 5.32 Å². The number of nitrogens with one attached hydrogen (secondary N) is 1. The molecule has 84 valence electrons. The normalized spacial score (nSPS) is 12.8. The summed E-state index contributed by atoms with van der Waals surface area (Å²) in [7, 11) is 1.89. The topological polar surface area (TPSA) is 21.3 Å². The van der Waals surface area contributed by atoms with Crippen LogP contribution in [-0.4, -0.2) is 19.7 Å². The zero-order valence-corrected chi connectivity index (χ0v) is 9.51. The van der Waals surface area contributed by atoms with Crippen molar-refractivity contribution in [1.29, 1.82) is 0 Å². The van der Waals surface area contributed by atoms with Gasteiger partial charge in [0, 0.05) is 6.54 Å². The first-order valence-electron chi connectivity index (χ1n) is 5.14. The van der Waals surface area contributed by atoms with E-state index in [4.69, 9.17) is 4.74 Å². The highest BCUT2D eigenvalue weighted by Gasteiger charge is 2.03.